The molecule has 1 aromatic heterocycles. The highest BCUT2D eigenvalue weighted by atomic mass is 35.5. The first kappa shape index (κ1) is 18.5. The number of carbonyl (C=O) groups is 2. The van der Waals surface area contributed by atoms with Gasteiger partial charge in [-0.1, -0.05) is 11.6 Å². The van der Waals surface area contributed by atoms with E-state index in [0.29, 0.717) is 48.5 Å². The quantitative estimate of drug-likeness (QED) is 0.712. The Labute approximate surface area is 166 Å². The van der Waals surface area contributed by atoms with Crippen LogP contribution in [0.15, 0.2) is 24.3 Å². The summed E-state index contributed by atoms with van der Waals surface area (Å²) in [5.41, 5.74) is 7.19. The van der Waals surface area contributed by atoms with E-state index >= 15 is 0 Å². The maximum absolute atomic E-state index is 12.8. The highest BCUT2D eigenvalue weighted by molar-refractivity contribution is 6.30. The van der Waals surface area contributed by atoms with Gasteiger partial charge in [0.1, 0.15) is 11.6 Å². The molecular formula is C18H19ClN6O3. The number of nitrogens with two attached hydrogens (primary N) is 1. The minimum Gasteiger partial charge on any atom is -0.383 e. The smallest absolute Gasteiger partial charge is 0.232 e. The summed E-state index contributed by atoms with van der Waals surface area (Å²) in [6.07, 6.45) is -0.0309. The lowest BCUT2D eigenvalue weighted by Crippen LogP contribution is -2.38. The molecule has 1 saturated heterocycles. The number of hydrogen-bond acceptors (Lipinski definition) is 7. The molecule has 4 rings (SSSR count). The molecule has 3 heterocycles. The van der Waals surface area contributed by atoms with Gasteiger partial charge in [0, 0.05) is 30.2 Å². The zero-order valence-corrected chi connectivity index (χ0v) is 15.7. The van der Waals surface area contributed by atoms with Crippen LogP contribution in [0, 0.1) is 0 Å². The summed E-state index contributed by atoms with van der Waals surface area (Å²) in [6, 6.07) is 6.71. The fourth-order valence-corrected chi connectivity index (χ4v) is 3.40. The number of nitrogens with zero attached hydrogens (tertiary/aromatic N) is 3. The number of aromatic nitrogens is 2. The van der Waals surface area contributed by atoms with Crippen LogP contribution in [0.25, 0.3) is 0 Å². The molecule has 0 bridgehead atoms. The van der Waals surface area contributed by atoms with E-state index in [4.69, 9.17) is 22.1 Å². The largest absolute Gasteiger partial charge is 0.383 e. The molecule has 1 aromatic carbocycles. The van der Waals surface area contributed by atoms with Gasteiger partial charge in [0.05, 0.1) is 24.7 Å². The molecule has 4 N–H and O–H groups in total. The maximum atomic E-state index is 12.8. The van der Waals surface area contributed by atoms with Crippen LogP contribution < -0.4 is 21.3 Å². The summed E-state index contributed by atoms with van der Waals surface area (Å²) >= 11 is 5.87. The van der Waals surface area contributed by atoms with Gasteiger partial charge in [-0.05, 0) is 24.3 Å². The second-order valence-corrected chi connectivity index (χ2v) is 7.01. The summed E-state index contributed by atoms with van der Waals surface area (Å²) in [5, 5.41) is 6.06. The predicted octanol–water partition coefficient (Wildman–Crippen LogP) is 1.61. The van der Waals surface area contributed by atoms with Gasteiger partial charge < -0.3 is 26.0 Å². The van der Waals surface area contributed by atoms with E-state index in [2.05, 4.69) is 20.6 Å². The Morgan fingerprint density at radius 3 is 2.68 bits per heavy atom. The monoisotopic (exact) mass is 402 g/mol. The van der Waals surface area contributed by atoms with Crippen molar-refractivity contribution in [3.63, 3.8) is 0 Å². The second-order valence-electron chi connectivity index (χ2n) is 6.57. The molecule has 28 heavy (non-hydrogen) atoms. The zero-order chi connectivity index (χ0) is 19.7. The molecule has 0 spiro atoms. The molecule has 146 valence electrons. The fraction of sp³-hybridized carbons (Fsp3) is 0.333. The van der Waals surface area contributed by atoms with Crippen LogP contribution >= 0.6 is 11.6 Å². The molecule has 1 atom stereocenters. The molecule has 0 aliphatic carbocycles. The van der Waals surface area contributed by atoms with Crippen LogP contribution in [-0.4, -0.2) is 48.1 Å². The number of anilines is 4. The van der Waals surface area contributed by atoms with Crippen molar-refractivity contribution in [2.24, 2.45) is 0 Å². The number of halogens is 1. The summed E-state index contributed by atoms with van der Waals surface area (Å²) in [4.78, 5) is 35.8. The van der Waals surface area contributed by atoms with Crippen molar-refractivity contribution in [1.82, 2.24) is 9.97 Å². The molecule has 2 aliphatic heterocycles. The van der Waals surface area contributed by atoms with Crippen LogP contribution in [0.1, 0.15) is 17.9 Å². The van der Waals surface area contributed by atoms with Crippen molar-refractivity contribution in [2.45, 2.75) is 12.3 Å². The summed E-state index contributed by atoms with van der Waals surface area (Å²) < 4.78 is 5.33. The van der Waals surface area contributed by atoms with Crippen molar-refractivity contribution >= 4 is 46.7 Å². The lowest BCUT2D eigenvalue weighted by molar-refractivity contribution is -0.123. The number of fused-ring (bicyclic) bond motifs is 1. The van der Waals surface area contributed by atoms with Crippen LogP contribution in [0.4, 0.5) is 23.3 Å². The molecule has 2 aromatic rings. The Hall–Kier alpha value is -2.91. The Balaban J connectivity index is 1.63. The number of rotatable bonds is 3. The standard InChI is InChI=1S/C18H19ClN6O3/c19-10-1-3-11(4-2-10)21-17(27)12-9-13(26)22-16-14(12)15(20)23-18(24-16)25-5-7-28-8-6-25/h1-4,12H,5-9H2,(H,21,27)(H3,20,22,23,24,26)/t12-/m0/s1. The molecule has 1 fully saturated rings. The number of amides is 2. The number of benzene rings is 1. The molecule has 9 nitrogen and oxygen atoms in total. The third kappa shape index (κ3) is 3.71. The summed E-state index contributed by atoms with van der Waals surface area (Å²) in [6.45, 7) is 2.40. The lowest BCUT2D eigenvalue weighted by atomic mass is 9.92. The molecule has 10 heteroatoms. The third-order valence-electron chi connectivity index (χ3n) is 4.68. The van der Waals surface area contributed by atoms with Gasteiger partial charge in [-0.15, -0.1) is 0 Å². The molecule has 0 radical (unpaired) electrons. The van der Waals surface area contributed by atoms with Gasteiger partial charge in [0.25, 0.3) is 0 Å². The van der Waals surface area contributed by atoms with E-state index < -0.39 is 5.92 Å². The molecule has 0 saturated carbocycles. The molecular weight excluding hydrogens is 384 g/mol. The summed E-state index contributed by atoms with van der Waals surface area (Å²) in [7, 11) is 0. The van der Waals surface area contributed by atoms with Gasteiger partial charge in [-0.25, -0.2) is 0 Å². The Kier molecular flexibility index (Phi) is 5.01. The average molecular weight is 403 g/mol. The van der Waals surface area contributed by atoms with Crippen molar-refractivity contribution in [2.75, 3.05) is 47.6 Å². The number of morpholine rings is 1. The maximum Gasteiger partial charge on any atom is 0.232 e. The average Bonchev–Trinajstić information content (AvgIpc) is 2.69. The second kappa shape index (κ2) is 7.61. The predicted molar refractivity (Wildman–Crippen MR) is 106 cm³/mol. The SMILES string of the molecule is Nc1nc(N2CCOCC2)nc2c1[C@@H](C(=O)Nc1ccc(Cl)cc1)CC(=O)N2. The van der Waals surface area contributed by atoms with Gasteiger partial charge in [0.2, 0.25) is 17.8 Å². The van der Waals surface area contributed by atoms with E-state index in [-0.39, 0.29) is 29.9 Å². The van der Waals surface area contributed by atoms with E-state index in [9.17, 15) is 9.59 Å². The van der Waals surface area contributed by atoms with Gasteiger partial charge >= 0.3 is 0 Å². The minimum atomic E-state index is -0.779. The Bertz CT molecular complexity index is 914. The molecule has 2 amide bonds. The van der Waals surface area contributed by atoms with Crippen LogP contribution in [0.2, 0.25) is 5.02 Å². The number of nitrogen functional groups attached to an aromatic ring is 1. The van der Waals surface area contributed by atoms with Crippen molar-refractivity contribution in [1.29, 1.82) is 0 Å². The van der Waals surface area contributed by atoms with E-state index in [1.54, 1.807) is 24.3 Å². The van der Waals surface area contributed by atoms with Gasteiger partial charge in [-0.3, -0.25) is 9.59 Å². The van der Waals surface area contributed by atoms with Crippen molar-refractivity contribution < 1.29 is 14.3 Å². The normalized spacial score (nSPS) is 19.0. The molecule has 0 unspecified atom stereocenters. The van der Waals surface area contributed by atoms with Crippen molar-refractivity contribution in [3.8, 4) is 0 Å². The van der Waals surface area contributed by atoms with Crippen LogP contribution in [0.5, 0.6) is 0 Å². The van der Waals surface area contributed by atoms with E-state index in [1.165, 1.54) is 0 Å². The first-order valence-corrected chi connectivity index (χ1v) is 9.25. The Morgan fingerprint density at radius 1 is 1.25 bits per heavy atom. The minimum absolute atomic E-state index is 0.0309. The highest BCUT2D eigenvalue weighted by Crippen LogP contribution is 2.36. The summed E-state index contributed by atoms with van der Waals surface area (Å²) in [5.74, 6) is -0.552. The van der Waals surface area contributed by atoms with E-state index in [0.717, 1.165) is 0 Å². The first-order chi connectivity index (χ1) is 13.5. The number of hydrogen-bond donors (Lipinski definition) is 3. The van der Waals surface area contributed by atoms with Crippen LogP contribution in [-0.2, 0) is 14.3 Å². The van der Waals surface area contributed by atoms with Crippen LogP contribution in [0.3, 0.4) is 0 Å². The highest BCUT2D eigenvalue weighted by Gasteiger charge is 2.35. The Morgan fingerprint density at radius 2 is 1.96 bits per heavy atom. The third-order valence-corrected chi connectivity index (χ3v) is 4.93. The number of carbonyl (C=O) groups excluding carboxylic acids is 2. The first-order valence-electron chi connectivity index (χ1n) is 8.87. The number of ether oxygens (including phenoxy) is 1. The molecule has 2 aliphatic rings. The van der Waals surface area contributed by atoms with Gasteiger partial charge in [-0.2, -0.15) is 9.97 Å². The lowest BCUT2D eigenvalue weighted by Gasteiger charge is -2.30. The van der Waals surface area contributed by atoms with Crippen molar-refractivity contribution in [3.05, 3.63) is 34.9 Å². The topological polar surface area (TPSA) is 122 Å². The zero-order valence-electron chi connectivity index (χ0n) is 14.9. The number of nitrogens with one attached hydrogen (secondary N) is 2. The fourth-order valence-electron chi connectivity index (χ4n) is 3.28. The van der Waals surface area contributed by atoms with E-state index in [1.807, 2.05) is 4.90 Å². The van der Waals surface area contributed by atoms with Gasteiger partial charge in [0.15, 0.2) is 0 Å².